The molecule has 0 heterocycles. The van der Waals surface area contributed by atoms with Crippen molar-refractivity contribution in [2.45, 2.75) is 51.6 Å². The summed E-state index contributed by atoms with van der Waals surface area (Å²) >= 11 is 0. The maximum absolute atomic E-state index is 11.0. The summed E-state index contributed by atoms with van der Waals surface area (Å²) in [4.78, 5) is 0. The lowest BCUT2D eigenvalue weighted by Crippen LogP contribution is -2.39. The Morgan fingerprint density at radius 3 is 2.43 bits per heavy atom. The third-order valence-corrected chi connectivity index (χ3v) is 3.93. The summed E-state index contributed by atoms with van der Waals surface area (Å²) in [6.07, 6.45) is 7.32. The lowest BCUT2D eigenvalue weighted by Gasteiger charge is -2.29. The Balaban J connectivity index is 2.11. The molecule has 0 spiro atoms. The highest BCUT2D eigenvalue weighted by Crippen LogP contribution is 2.30. The van der Waals surface area contributed by atoms with Crippen LogP contribution in [0.1, 0.15) is 39.5 Å². The molecule has 0 bridgehead atoms. The summed E-state index contributed by atoms with van der Waals surface area (Å²) in [6, 6.07) is 0.967. The van der Waals surface area contributed by atoms with Crippen LogP contribution in [0.5, 0.6) is 0 Å². The number of hydrogen-bond donors (Lipinski definition) is 1. The van der Waals surface area contributed by atoms with Gasteiger partial charge in [0.05, 0.1) is 0 Å². The topological polar surface area (TPSA) is 29.1 Å². The zero-order chi connectivity index (χ0) is 10.6. The Morgan fingerprint density at radius 1 is 1.36 bits per heavy atom. The van der Waals surface area contributed by atoms with Crippen LogP contribution in [-0.4, -0.2) is 28.3 Å². The molecule has 84 valence electrons. The smallest absolute Gasteiger partial charge is 0.0383 e. The third kappa shape index (κ3) is 4.56. The first-order chi connectivity index (χ1) is 6.58. The van der Waals surface area contributed by atoms with Gasteiger partial charge in [0.1, 0.15) is 0 Å². The highest BCUT2D eigenvalue weighted by Gasteiger charge is 2.20. The number of hydrogen-bond acceptors (Lipinski definition) is 2. The molecular weight excluding hydrogens is 194 g/mol. The minimum absolute atomic E-state index is 0.385. The van der Waals surface area contributed by atoms with Crippen molar-refractivity contribution in [2.24, 2.45) is 5.92 Å². The molecule has 2 nitrogen and oxygen atoms in total. The average Bonchev–Trinajstić information content (AvgIpc) is 1.94. The Kier molecular flexibility index (Phi) is 5.10. The fourth-order valence-electron chi connectivity index (χ4n) is 2.18. The summed E-state index contributed by atoms with van der Waals surface area (Å²) in [5.74, 6) is 1.73. The van der Waals surface area contributed by atoms with Gasteiger partial charge >= 0.3 is 0 Å². The van der Waals surface area contributed by atoms with Gasteiger partial charge in [-0.1, -0.05) is 19.3 Å². The second-order valence-corrected chi connectivity index (χ2v) is 6.22. The molecule has 14 heavy (non-hydrogen) atoms. The summed E-state index contributed by atoms with van der Waals surface area (Å²) < 4.78 is 11.0. The van der Waals surface area contributed by atoms with Gasteiger partial charge in [0.15, 0.2) is 0 Å². The van der Waals surface area contributed by atoms with E-state index in [1.54, 1.807) is 6.26 Å². The molecule has 1 fully saturated rings. The fraction of sp³-hybridized carbons (Fsp3) is 1.00. The van der Waals surface area contributed by atoms with E-state index in [4.69, 9.17) is 0 Å². The predicted octanol–water partition coefficient (Wildman–Crippen LogP) is 1.92. The zero-order valence-corrected chi connectivity index (χ0v) is 10.4. The van der Waals surface area contributed by atoms with Gasteiger partial charge in [-0.05, 0) is 26.2 Å². The van der Waals surface area contributed by atoms with Crippen LogP contribution >= 0.6 is 0 Å². The molecule has 0 amide bonds. The average molecular weight is 217 g/mol. The molecule has 0 radical (unpaired) electrons. The summed E-state index contributed by atoms with van der Waals surface area (Å²) in [6.45, 7) is 4.37. The first-order valence-electron chi connectivity index (χ1n) is 5.64. The first-order valence-corrected chi connectivity index (χ1v) is 7.36. The predicted molar refractivity (Wildman–Crippen MR) is 63.0 cm³/mol. The largest absolute Gasteiger partial charge is 0.311 e. The molecule has 0 saturated heterocycles. The standard InChI is InChI=1S/C11H23NOS/c1-9(7-11-5-4-6-11)12-10(2)8-14(3)13/h9-12H,4-8H2,1-3H3. The van der Waals surface area contributed by atoms with Crippen molar-refractivity contribution in [3.63, 3.8) is 0 Å². The Labute approximate surface area is 90.3 Å². The van der Waals surface area contributed by atoms with Gasteiger partial charge in [-0.25, -0.2) is 0 Å². The van der Waals surface area contributed by atoms with Crippen molar-refractivity contribution in [3.05, 3.63) is 0 Å². The van der Waals surface area contributed by atoms with E-state index in [1.807, 2.05) is 0 Å². The van der Waals surface area contributed by atoms with Crippen LogP contribution in [0.15, 0.2) is 0 Å². The fourth-order valence-corrected chi connectivity index (χ4v) is 2.98. The van der Waals surface area contributed by atoms with Crippen molar-refractivity contribution < 1.29 is 4.21 Å². The number of nitrogens with one attached hydrogen (secondary N) is 1. The van der Waals surface area contributed by atoms with E-state index in [2.05, 4.69) is 19.2 Å². The minimum atomic E-state index is -0.675. The quantitative estimate of drug-likeness (QED) is 0.736. The second kappa shape index (κ2) is 5.86. The SMILES string of the molecule is CC(CC1CCC1)NC(C)CS(C)=O. The second-order valence-electron chi connectivity index (χ2n) is 4.74. The van der Waals surface area contributed by atoms with Crippen LogP contribution in [0.25, 0.3) is 0 Å². The van der Waals surface area contributed by atoms with E-state index in [0.717, 1.165) is 11.7 Å². The third-order valence-electron chi connectivity index (χ3n) is 2.97. The summed E-state index contributed by atoms with van der Waals surface area (Å²) in [5, 5.41) is 3.52. The van der Waals surface area contributed by atoms with Gasteiger partial charge in [0.25, 0.3) is 0 Å². The molecular formula is C11H23NOS. The van der Waals surface area contributed by atoms with Gasteiger partial charge in [-0.2, -0.15) is 0 Å². The zero-order valence-electron chi connectivity index (χ0n) is 9.58. The van der Waals surface area contributed by atoms with Crippen LogP contribution in [0.4, 0.5) is 0 Å². The van der Waals surface area contributed by atoms with Gasteiger partial charge in [0, 0.05) is 34.9 Å². The molecule has 1 rings (SSSR count). The van der Waals surface area contributed by atoms with Gasteiger partial charge in [-0.3, -0.25) is 4.21 Å². The van der Waals surface area contributed by atoms with Crippen LogP contribution in [0.2, 0.25) is 0 Å². The summed E-state index contributed by atoms with van der Waals surface area (Å²) in [7, 11) is -0.675. The molecule has 1 saturated carbocycles. The maximum atomic E-state index is 11.0. The van der Waals surface area contributed by atoms with E-state index in [0.29, 0.717) is 12.1 Å². The van der Waals surface area contributed by atoms with E-state index in [9.17, 15) is 4.21 Å². The van der Waals surface area contributed by atoms with Gasteiger partial charge in [-0.15, -0.1) is 0 Å². The molecule has 0 aromatic rings. The minimum Gasteiger partial charge on any atom is -0.311 e. The van der Waals surface area contributed by atoms with Crippen molar-refractivity contribution >= 4 is 10.8 Å². The first kappa shape index (κ1) is 12.2. The van der Waals surface area contributed by atoms with Crippen LogP contribution < -0.4 is 5.32 Å². The van der Waals surface area contributed by atoms with E-state index in [-0.39, 0.29) is 0 Å². The van der Waals surface area contributed by atoms with Crippen molar-refractivity contribution in [1.29, 1.82) is 0 Å². The van der Waals surface area contributed by atoms with Gasteiger partial charge < -0.3 is 5.32 Å². The number of rotatable bonds is 6. The highest BCUT2D eigenvalue weighted by molar-refractivity contribution is 7.84. The van der Waals surface area contributed by atoms with Crippen LogP contribution in [0, 0.1) is 5.92 Å². The lowest BCUT2D eigenvalue weighted by molar-refractivity contribution is 0.261. The summed E-state index contributed by atoms with van der Waals surface area (Å²) in [5.41, 5.74) is 0. The Morgan fingerprint density at radius 2 is 2.00 bits per heavy atom. The van der Waals surface area contributed by atoms with Crippen molar-refractivity contribution in [3.8, 4) is 0 Å². The molecule has 3 heteroatoms. The monoisotopic (exact) mass is 217 g/mol. The van der Waals surface area contributed by atoms with Crippen LogP contribution in [-0.2, 0) is 10.8 Å². The maximum Gasteiger partial charge on any atom is 0.0383 e. The van der Waals surface area contributed by atoms with Crippen molar-refractivity contribution in [2.75, 3.05) is 12.0 Å². The molecule has 1 aliphatic carbocycles. The molecule has 1 aliphatic rings. The normalized spacial score (nSPS) is 23.9. The molecule has 3 atom stereocenters. The Hall–Kier alpha value is 0.110. The van der Waals surface area contributed by atoms with Crippen LogP contribution in [0.3, 0.4) is 0 Å². The molecule has 0 aliphatic heterocycles. The lowest BCUT2D eigenvalue weighted by atomic mass is 9.81. The molecule has 1 N–H and O–H groups in total. The molecule has 0 aromatic heterocycles. The Bertz CT molecular complexity index is 192. The molecule has 0 aromatic carbocycles. The van der Waals surface area contributed by atoms with Gasteiger partial charge in [0.2, 0.25) is 0 Å². The van der Waals surface area contributed by atoms with Crippen molar-refractivity contribution in [1.82, 2.24) is 5.32 Å². The molecule has 3 unspecified atom stereocenters. The van der Waals surface area contributed by atoms with E-state index < -0.39 is 10.8 Å². The van der Waals surface area contributed by atoms with E-state index in [1.165, 1.54) is 25.7 Å². The van der Waals surface area contributed by atoms with E-state index >= 15 is 0 Å². The highest BCUT2D eigenvalue weighted by atomic mass is 32.2.